The summed E-state index contributed by atoms with van der Waals surface area (Å²) in [5.74, 6) is -0.125. The molecule has 1 saturated heterocycles. The van der Waals surface area contributed by atoms with Gasteiger partial charge in [0.05, 0.1) is 6.54 Å². The molecule has 0 aliphatic carbocycles. The van der Waals surface area contributed by atoms with Crippen LogP contribution in [-0.4, -0.2) is 73.3 Å². The van der Waals surface area contributed by atoms with E-state index in [1.807, 2.05) is 43.3 Å². The standard InChI is InChI=1S/C22H28N4O3/c1-2-23-20(27)16-25-11-13-26(14-12-25)21(28)9-10-24-22(29)19-8-7-17-5-3-4-6-18(17)15-19/h3-8,15H,2,9-14,16H2,1H3,(H,23,27)(H,24,29). The Morgan fingerprint density at radius 3 is 2.38 bits per heavy atom. The molecule has 3 amide bonds. The molecule has 2 aromatic rings. The van der Waals surface area contributed by atoms with Gasteiger partial charge in [0.25, 0.3) is 5.91 Å². The van der Waals surface area contributed by atoms with Gasteiger partial charge >= 0.3 is 0 Å². The van der Waals surface area contributed by atoms with Gasteiger partial charge in [0.1, 0.15) is 0 Å². The van der Waals surface area contributed by atoms with E-state index in [9.17, 15) is 14.4 Å². The number of hydrogen-bond donors (Lipinski definition) is 2. The highest BCUT2D eigenvalue weighted by molar-refractivity contribution is 5.98. The molecule has 1 fully saturated rings. The molecule has 0 unspecified atom stereocenters. The maximum atomic E-state index is 12.4. The largest absolute Gasteiger partial charge is 0.355 e. The van der Waals surface area contributed by atoms with Gasteiger partial charge in [0.2, 0.25) is 11.8 Å². The lowest BCUT2D eigenvalue weighted by Crippen LogP contribution is -2.51. The summed E-state index contributed by atoms with van der Waals surface area (Å²) >= 11 is 0. The molecule has 1 aliphatic heterocycles. The molecule has 3 rings (SSSR count). The number of amides is 3. The molecular formula is C22H28N4O3. The average molecular weight is 396 g/mol. The first-order valence-electron chi connectivity index (χ1n) is 10.1. The van der Waals surface area contributed by atoms with Crippen LogP contribution in [0.1, 0.15) is 23.7 Å². The molecule has 2 N–H and O–H groups in total. The van der Waals surface area contributed by atoms with Gasteiger partial charge in [0, 0.05) is 51.3 Å². The SMILES string of the molecule is CCNC(=O)CN1CCN(C(=O)CCNC(=O)c2ccc3ccccc3c2)CC1. The number of hydrogen-bond acceptors (Lipinski definition) is 4. The quantitative estimate of drug-likeness (QED) is 0.738. The van der Waals surface area contributed by atoms with Crippen molar-refractivity contribution in [3.8, 4) is 0 Å². The summed E-state index contributed by atoms with van der Waals surface area (Å²) in [5, 5.41) is 7.72. The van der Waals surface area contributed by atoms with E-state index in [0.29, 0.717) is 51.4 Å². The van der Waals surface area contributed by atoms with E-state index in [4.69, 9.17) is 0 Å². The molecule has 0 aromatic heterocycles. The molecule has 154 valence electrons. The minimum Gasteiger partial charge on any atom is -0.355 e. The fourth-order valence-electron chi connectivity index (χ4n) is 3.49. The van der Waals surface area contributed by atoms with Crippen LogP contribution in [0.2, 0.25) is 0 Å². The summed E-state index contributed by atoms with van der Waals surface area (Å²) in [4.78, 5) is 40.3. The molecule has 0 spiro atoms. The van der Waals surface area contributed by atoms with Crippen LogP contribution in [0.5, 0.6) is 0 Å². The molecule has 0 radical (unpaired) electrons. The van der Waals surface area contributed by atoms with Crippen molar-refractivity contribution in [2.75, 3.05) is 45.8 Å². The van der Waals surface area contributed by atoms with Crippen molar-refractivity contribution < 1.29 is 14.4 Å². The second-order valence-corrected chi connectivity index (χ2v) is 7.18. The molecule has 0 bridgehead atoms. The van der Waals surface area contributed by atoms with E-state index in [1.54, 1.807) is 11.0 Å². The second kappa shape index (κ2) is 10.0. The Kier molecular flexibility index (Phi) is 7.19. The first-order valence-corrected chi connectivity index (χ1v) is 10.1. The van der Waals surface area contributed by atoms with E-state index >= 15 is 0 Å². The minimum absolute atomic E-state index is 0.0173. The number of nitrogens with one attached hydrogen (secondary N) is 2. The number of rotatable bonds is 7. The van der Waals surface area contributed by atoms with E-state index < -0.39 is 0 Å². The predicted molar refractivity (Wildman–Crippen MR) is 113 cm³/mol. The van der Waals surface area contributed by atoms with Gasteiger partial charge in [0.15, 0.2) is 0 Å². The zero-order valence-electron chi connectivity index (χ0n) is 16.8. The van der Waals surface area contributed by atoms with Crippen LogP contribution in [0.4, 0.5) is 0 Å². The first kappa shape index (κ1) is 20.8. The number of likely N-dealkylation sites (N-methyl/N-ethyl adjacent to an activating group) is 1. The lowest BCUT2D eigenvalue weighted by molar-refractivity contribution is -0.133. The lowest BCUT2D eigenvalue weighted by Gasteiger charge is -2.34. The molecule has 7 heteroatoms. The highest BCUT2D eigenvalue weighted by Crippen LogP contribution is 2.15. The Morgan fingerprint density at radius 1 is 0.931 bits per heavy atom. The van der Waals surface area contributed by atoms with Crippen molar-refractivity contribution >= 4 is 28.5 Å². The Hall–Kier alpha value is -2.93. The summed E-state index contributed by atoms with van der Waals surface area (Å²) in [5.41, 5.74) is 0.593. The Balaban J connectivity index is 1.40. The number of nitrogens with zero attached hydrogens (tertiary/aromatic N) is 2. The molecule has 29 heavy (non-hydrogen) atoms. The highest BCUT2D eigenvalue weighted by atomic mass is 16.2. The van der Waals surface area contributed by atoms with E-state index in [0.717, 1.165) is 10.8 Å². The fourth-order valence-corrected chi connectivity index (χ4v) is 3.49. The van der Waals surface area contributed by atoms with Crippen LogP contribution in [0.3, 0.4) is 0 Å². The smallest absolute Gasteiger partial charge is 0.251 e. The molecule has 1 heterocycles. The molecular weight excluding hydrogens is 368 g/mol. The lowest BCUT2D eigenvalue weighted by atomic mass is 10.1. The van der Waals surface area contributed by atoms with Crippen LogP contribution in [0.15, 0.2) is 42.5 Å². The summed E-state index contributed by atoms with van der Waals surface area (Å²) < 4.78 is 0. The van der Waals surface area contributed by atoms with Gasteiger partial charge in [-0.1, -0.05) is 30.3 Å². The third kappa shape index (κ3) is 5.77. The van der Waals surface area contributed by atoms with Crippen LogP contribution in [0, 0.1) is 0 Å². The van der Waals surface area contributed by atoms with Gasteiger partial charge in [-0.25, -0.2) is 0 Å². The number of carbonyl (C=O) groups excluding carboxylic acids is 3. The van der Waals surface area contributed by atoms with Gasteiger partial charge in [-0.05, 0) is 29.8 Å². The number of fused-ring (bicyclic) bond motifs is 1. The van der Waals surface area contributed by atoms with Crippen LogP contribution in [-0.2, 0) is 9.59 Å². The normalized spacial score (nSPS) is 14.6. The van der Waals surface area contributed by atoms with Gasteiger partial charge in [-0.3, -0.25) is 19.3 Å². The third-order valence-electron chi connectivity index (χ3n) is 5.10. The maximum absolute atomic E-state index is 12.4. The monoisotopic (exact) mass is 396 g/mol. The molecule has 2 aromatic carbocycles. The summed E-state index contributed by atoms with van der Waals surface area (Å²) in [6.45, 7) is 5.79. The zero-order chi connectivity index (χ0) is 20.6. The Bertz CT molecular complexity index is 875. The van der Waals surface area contributed by atoms with Crippen molar-refractivity contribution in [3.05, 3.63) is 48.0 Å². The maximum Gasteiger partial charge on any atom is 0.251 e. The highest BCUT2D eigenvalue weighted by Gasteiger charge is 2.22. The predicted octanol–water partition coefficient (Wildman–Crippen LogP) is 1.24. The van der Waals surface area contributed by atoms with Crippen molar-refractivity contribution in [1.82, 2.24) is 20.4 Å². The number of carbonyl (C=O) groups is 3. The first-order chi connectivity index (χ1) is 14.1. The Labute approximate surface area is 171 Å². The Morgan fingerprint density at radius 2 is 1.66 bits per heavy atom. The number of benzene rings is 2. The minimum atomic E-state index is -0.171. The second-order valence-electron chi connectivity index (χ2n) is 7.18. The van der Waals surface area contributed by atoms with Crippen LogP contribution in [0.25, 0.3) is 10.8 Å². The number of piperazine rings is 1. The van der Waals surface area contributed by atoms with Gasteiger partial charge in [-0.15, -0.1) is 0 Å². The van der Waals surface area contributed by atoms with Crippen molar-refractivity contribution in [2.45, 2.75) is 13.3 Å². The fraction of sp³-hybridized carbons (Fsp3) is 0.409. The van der Waals surface area contributed by atoms with E-state index in [2.05, 4.69) is 15.5 Å². The van der Waals surface area contributed by atoms with Crippen molar-refractivity contribution in [2.24, 2.45) is 0 Å². The average Bonchev–Trinajstić information content (AvgIpc) is 2.74. The van der Waals surface area contributed by atoms with Gasteiger partial charge in [-0.2, -0.15) is 0 Å². The van der Waals surface area contributed by atoms with Crippen molar-refractivity contribution in [3.63, 3.8) is 0 Å². The molecule has 7 nitrogen and oxygen atoms in total. The van der Waals surface area contributed by atoms with Crippen LogP contribution < -0.4 is 10.6 Å². The van der Waals surface area contributed by atoms with E-state index in [-0.39, 0.29) is 24.1 Å². The van der Waals surface area contributed by atoms with Gasteiger partial charge < -0.3 is 15.5 Å². The third-order valence-corrected chi connectivity index (χ3v) is 5.10. The molecule has 1 aliphatic rings. The van der Waals surface area contributed by atoms with Crippen molar-refractivity contribution in [1.29, 1.82) is 0 Å². The summed E-state index contributed by atoms with van der Waals surface area (Å²) in [7, 11) is 0. The topological polar surface area (TPSA) is 81.8 Å². The summed E-state index contributed by atoms with van der Waals surface area (Å²) in [6.07, 6.45) is 0.273. The zero-order valence-corrected chi connectivity index (χ0v) is 16.8. The molecule has 0 saturated carbocycles. The van der Waals surface area contributed by atoms with Crippen LogP contribution >= 0.6 is 0 Å². The summed E-state index contributed by atoms with van der Waals surface area (Å²) in [6, 6.07) is 13.5. The molecule has 0 atom stereocenters. The van der Waals surface area contributed by atoms with E-state index in [1.165, 1.54) is 0 Å².